The first-order valence-electron chi connectivity index (χ1n) is 7.78. The predicted octanol–water partition coefficient (Wildman–Crippen LogP) is 4.47. The van der Waals surface area contributed by atoms with Gasteiger partial charge in [-0.25, -0.2) is 4.79 Å². The molecule has 2 amide bonds. The number of carbonyl (C=O) groups is 1. The highest BCUT2D eigenvalue weighted by atomic mass is 79.9. The van der Waals surface area contributed by atoms with Gasteiger partial charge in [0.1, 0.15) is 0 Å². The summed E-state index contributed by atoms with van der Waals surface area (Å²) in [4.78, 5) is 12.2. The van der Waals surface area contributed by atoms with Crippen molar-refractivity contribution in [3.63, 3.8) is 0 Å². The number of rotatable bonds is 1. The number of hydrogen-bond donors (Lipinski definition) is 2. The van der Waals surface area contributed by atoms with Crippen molar-refractivity contribution in [1.82, 2.24) is 10.6 Å². The Labute approximate surface area is 143 Å². The van der Waals surface area contributed by atoms with Gasteiger partial charge in [-0.2, -0.15) is 0 Å². The van der Waals surface area contributed by atoms with Crippen LogP contribution in [0, 0.1) is 6.92 Å². The van der Waals surface area contributed by atoms with Crippen molar-refractivity contribution in [3.8, 4) is 0 Å². The Bertz CT molecular complexity index is 841. The second kappa shape index (κ2) is 5.53. The molecule has 1 aliphatic heterocycles. The minimum absolute atomic E-state index is 0.0657. The van der Waals surface area contributed by atoms with Gasteiger partial charge in [0.25, 0.3) is 0 Å². The average Bonchev–Trinajstić information content (AvgIpc) is 2.56. The molecule has 0 spiro atoms. The SMILES string of the molecule is Cc1ccc(C2NC(=O)NC3=C2CCc2ccccc23)cc1Br. The smallest absolute Gasteiger partial charge is 0.319 e. The van der Waals surface area contributed by atoms with Crippen LogP contribution in [0.25, 0.3) is 5.70 Å². The summed E-state index contributed by atoms with van der Waals surface area (Å²) in [6.45, 7) is 2.07. The molecule has 2 N–H and O–H groups in total. The Morgan fingerprint density at radius 3 is 2.78 bits per heavy atom. The molecule has 2 aromatic rings. The van der Waals surface area contributed by atoms with E-state index in [0.717, 1.165) is 34.1 Å². The summed E-state index contributed by atoms with van der Waals surface area (Å²) < 4.78 is 1.07. The minimum Gasteiger partial charge on any atom is -0.327 e. The van der Waals surface area contributed by atoms with Gasteiger partial charge < -0.3 is 10.6 Å². The molecular formula is C19H17BrN2O. The zero-order valence-electron chi connectivity index (χ0n) is 12.8. The maximum atomic E-state index is 12.2. The van der Waals surface area contributed by atoms with E-state index in [1.165, 1.54) is 16.7 Å². The van der Waals surface area contributed by atoms with Crippen LogP contribution in [0.5, 0.6) is 0 Å². The Balaban J connectivity index is 1.85. The van der Waals surface area contributed by atoms with Crippen molar-refractivity contribution in [2.75, 3.05) is 0 Å². The fraction of sp³-hybridized carbons (Fsp3) is 0.211. The van der Waals surface area contributed by atoms with Crippen LogP contribution in [0.1, 0.15) is 34.7 Å². The highest BCUT2D eigenvalue weighted by Gasteiger charge is 2.31. The number of benzene rings is 2. The molecule has 116 valence electrons. The summed E-state index contributed by atoms with van der Waals surface area (Å²) in [5, 5.41) is 6.10. The molecular weight excluding hydrogens is 352 g/mol. The van der Waals surface area contributed by atoms with Crippen LogP contribution in [0.15, 0.2) is 52.5 Å². The maximum absolute atomic E-state index is 12.2. The Morgan fingerprint density at radius 1 is 1.13 bits per heavy atom. The summed E-state index contributed by atoms with van der Waals surface area (Å²) in [5.74, 6) is 0. The third-order valence-electron chi connectivity index (χ3n) is 4.66. The molecule has 4 heteroatoms. The number of nitrogens with one attached hydrogen (secondary N) is 2. The summed E-state index contributed by atoms with van der Waals surface area (Å²) in [7, 11) is 0. The lowest BCUT2D eigenvalue weighted by Gasteiger charge is -2.34. The monoisotopic (exact) mass is 368 g/mol. The van der Waals surface area contributed by atoms with Crippen molar-refractivity contribution in [2.24, 2.45) is 0 Å². The van der Waals surface area contributed by atoms with Gasteiger partial charge in [-0.3, -0.25) is 0 Å². The molecule has 4 rings (SSSR count). The van der Waals surface area contributed by atoms with Crippen LogP contribution < -0.4 is 10.6 Å². The first-order chi connectivity index (χ1) is 11.1. The molecule has 0 radical (unpaired) electrons. The summed E-state index contributed by atoms with van der Waals surface area (Å²) in [6.07, 6.45) is 1.96. The zero-order chi connectivity index (χ0) is 16.0. The van der Waals surface area contributed by atoms with Gasteiger partial charge in [0, 0.05) is 10.0 Å². The standard InChI is InChI=1S/C19H17BrN2O/c1-11-6-7-13(10-16(11)20)17-15-9-8-12-4-2-3-5-14(12)18(15)22-19(23)21-17/h2-7,10,17H,8-9H2,1H3,(H2,21,22,23). The highest BCUT2D eigenvalue weighted by Crippen LogP contribution is 2.39. The van der Waals surface area contributed by atoms with E-state index in [4.69, 9.17) is 0 Å². The third-order valence-corrected chi connectivity index (χ3v) is 5.52. The van der Waals surface area contributed by atoms with Gasteiger partial charge in [0.15, 0.2) is 0 Å². The Hall–Kier alpha value is -2.07. The predicted molar refractivity (Wildman–Crippen MR) is 95.0 cm³/mol. The summed E-state index contributed by atoms with van der Waals surface area (Å²) in [5.41, 5.74) is 7.01. The molecule has 2 aliphatic rings. The molecule has 0 fully saturated rings. The van der Waals surface area contributed by atoms with Crippen LogP contribution in [0.4, 0.5) is 4.79 Å². The molecule has 2 aromatic carbocycles. The van der Waals surface area contributed by atoms with E-state index in [1.807, 2.05) is 6.07 Å². The highest BCUT2D eigenvalue weighted by molar-refractivity contribution is 9.10. The Kier molecular flexibility index (Phi) is 3.49. The lowest BCUT2D eigenvalue weighted by Crippen LogP contribution is -2.44. The number of carbonyl (C=O) groups excluding carboxylic acids is 1. The molecule has 0 bridgehead atoms. The van der Waals surface area contributed by atoms with Crippen molar-refractivity contribution in [1.29, 1.82) is 0 Å². The minimum atomic E-state index is -0.137. The van der Waals surface area contributed by atoms with E-state index in [9.17, 15) is 4.79 Å². The lowest BCUT2D eigenvalue weighted by molar-refractivity contribution is 0.240. The van der Waals surface area contributed by atoms with Gasteiger partial charge >= 0.3 is 6.03 Å². The number of amides is 2. The van der Waals surface area contributed by atoms with Gasteiger partial charge in [0.05, 0.1) is 11.7 Å². The van der Waals surface area contributed by atoms with Crippen LogP contribution in [0.2, 0.25) is 0 Å². The average molecular weight is 369 g/mol. The third kappa shape index (κ3) is 2.47. The number of fused-ring (bicyclic) bond motifs is 2. The maximum Gasteiger partial charge on any atom is 0.319 e. The van der Waals surface area contributed by atoms with Gasteiger partial charge in [0.2, 0.25) is 0 Å². The van der Waals surface area contributed by atoms with Gasteiger partial charge in [-0.15, -0.1) is 0 Å². The molecule has 1 heterocycles. The molecule has 0 saturated carbocycles. The first kappa shape index (κ1) is 14.5. The topological polar surface area (TPSA) is 41.1 Å². The summed E-state index contributed by atoms with van der Waals surface area (Å²) in [6, 6.07) is 14.4. The van der Waals surface area contributed by atoms with Gasteiger partial charge in [-0.1, -0.05) is 52.3 Å². The zero-order valence-corrected chi connectivity index (χ0v) is 14.4. The van der Waals surface area contributed by atoms with Crippen molar-refractivity contribution in [3.05, 3.63) is 74.8 Å². The molecule has 23 heavy (non-hydrogen) atoms. The quantitative estimate of drug-likeness (QED) is 0.765. The van der Waals surface area contributed by atoms with E-state index in [2.05, 4.69) is 69.9 Å². The van der Waals surface area contributed by atoms with Crippen LogP contribution >= 0.6 is 15.9 Å². The largest absolute Gasteiger partial charge is 0.327 e. The van der Waals surface area contributed by atoms with Crippen LogP contribution in [0.3, 0.4) is 0 Å². The number of urea groups is 1. The van der Waals surface area contributed by atoms with Crippen molar-refractivity contribution in [2.45, 2.75) is 25.8 Å². The Morgan fingerprint density at radius 2 is 1.96 bits per heavy atom. The number of aryl methyl sites for hydroxylation is 2. The molecule has 1 atom stereocenters. The fourth-order valence-corrected chi connectivity index (χ4v) is 3.82. The second-order valence-electron chi connectivity index (χ2n) is 6.10. The molecule has 3 nitrogen and oxygen atoms in total. The van der Waals surface area contributed by atoms with E-state index in [1.54, 1.807) is 0 Å². The molecule has 0 aromatic heterocycles. The summed E-state index contributed by atoms with van der Waals surface area (Å²) >= 11 is 3.60. The molecule has 0 saturated heterocycles. The van der Waals surface area contributed by atoms with E-state index in [-0.39, 0.29) is 12.1 Å². The van der Waals surface area contributed by atoms with E-state index >= 15 is 0 Å². The van der Waals surface area contributed by atoms with Crippen LogP contribution in [-0.2, 0) is 6.42 Å². The molecule has 1 unspecified atom stereocenters. The number of halogens is 1. The van der Waals surface area contributed by atoms with Crippen LogP contribution in [-0.4, -0.2) is 6.03 Å². The second-order valence-corrected chi connectivity index (χ2v) is 6.95. The van der Waals surface area contributed by atoms with Gasteiger partial charge in [-0.05, 0) is 48.1 Å². The lowest BCUT2D eigenvalue weighted by atomic mass is 9.83. The van der Waals surface area contributed by atoms with Crippen molar-refractivity contribution >= 4 is 27.7 Å². The van der Waals surface area contributed by atoms with Crippen molar-refractivity contribution < 1.29 is 4.79 Å². The number of hydrogen-bond acceptors (Lipinski definition) is 1. The first-order valence-corrected chi connectivity index (χ1v) is 8.57. The molecule has 1 aliphatic carbocycles. The normalized spacial score (nSPS) is 19.6. The fourth-order valence-electron chi connectivity index (χ4n) is 3.43. The van der Waals surface area contributed by atoms with E-state index in [0.29, 0.717) is 0 Å². The van der Waals surface area contributed by atoms with E-state index < -0.39 is 0 Å².